The van der Waals surface area contributed by atoms with E-state index in [0.29, 0.717) is 6.42 Å². The quantitative estimate of drug-likeness (QED) is 0.859. The standard InChI is InChI=1S/C14H19NO4S/c1-10-6-8-11(9-7-10)20(17,18)19-14(16)12-4-2-3-5-13(12)15/h6-9,12-13H,2-5,15H2,1H3. The van der Waals surface area contributed by atoms with Crippen LogP contribution >= 0.6 is 0 Å². The molecule has 0 radical (unpaired) electrons. The van der Waals surface area contributed by atoms with Crippen molar-refractivity contribution in [3.8, 4) is 0 Å². The van der Waals surface area contributed by atoms with Crippen molar-refractivity contribution in [2.45, 2.75) is 43.5 Å². The molecule has 0 aliphatic heterocycles. The number of carbonyl (C=O) groups excluding carboxylic acids is 1. The Kier molecular flexibility index (Phi) is 4.45. The van der Waals surface area contributed by atoms with Crippen LogP contribution in [-0.2, 0) is 19.1 Å². The summed E-state index contributed by atoms with van der Waals surface area (Å²) in [5.41, 5.74) is 6.80. The Balaban J connectivity index is 2.11. The van der Waals surface area contributed by atoms with Crippen LogP contribution in [0.15, 0.2) is 29.2 Å². The maximum atomic E-state index is 12.0. The minimum absolute atomic E-state index is 0.0131. The van der Waals surface area contributed by atoms with E-state index in [4.69, 9.17) is 9.92 Å². The summed E-state index contributed by atoms with van der Waals surface area (Å²) in [5, 5.41) is 0. The SMILES string of the molecule is Cc1ccc(S(=O)(=O)OC(=O)C2CCCCC2N)cc1. The highest BCUT2D eigenvalue weighted by molar-refractivity contribution is 7.87. The minimum atomic E-state index is -4.05. The largest absolute Gasteiger partial charge is 0.342 e. The molecule has 1 saturated carbocycles. The molecule has 6 heteroatoms. The molecule has 0 heterocycles. The highest BCUT2D eigenvalue weighted by Gasteiger charge is 2.33. The fourth-order valence-electron chi connectivity index (χ4n) is 2.38. The van der Waals surface area contributed by atoms with Gasteiger partial charge in [-0.05, 0) is 31.9 Å². The average molecular weight is 297 g/mol. The van der Waals surface area contributed by atoms with Gasteiger partial charge in [0.15, 0.2) is 0 Å². The molecule has 5 nitrogen and oxygen atoms in total. The maximum absolute atomic E-state index is 12.0. The lowest BCUT2D eigenvalue weighted by molar-refractivity contribution is -0.139. The number of benzene rings is 1. The molecule has 2 N–H and O–H groups in total. The van der Waals surface area contributed by atoms with Gasteiger partial charge in [-0.2, -0.15) is 8.42 Å². The Morgan fingerprint density at radius 3 is 2.40 bits per heavy atom. The van der Waals surface area contributed by atoms with Gasteiger partial charge in [0.1, 0.15) is 4.90 Å². The first kappa shape index (κ1) is 15.0. The van der Waals surface area contributed by atoms with Gasteiger partial charge in [-0.1, -0.05) is 30.5 Å². The maximum Gasteiger partial charge on any atom is 0.341 e. The highest BCUT2D eigenvalue weighted by atomic mass is 32.2. The Morgan fingerprint density at radius 1 is 1.20 bits per heavy atom. The third-order valence-corrected chi connectivity index (χ3v) is 4.86. The normalized spacial score (nSPS) is 23.3. The molecule has 20 heavy (non-hydrogen) atoms. The van der Waals surface area contributed by atoms with E-state index in [2.05, 4.69) is 0 Å². The smallest absolute Gasteiger partial charge is 0.341 e. The molecular formula is C14H19NO4S. The zero-order chi connectivity index (χ0) is 14.8. The van der Waals surface area contributed by atoms with E-state index in [1.165, 1.54) is 12.1 Å². The zero-order valence-corrected chi connectivity index (χ0v) is 12.2. The second-order valence-corrected chi connectivity index (χ2v) is 6.77. The van der Waals surface area contributed by atoms with Crippen molar-refractivity contribution in [3.05, 3.63) is 29.8 Å². The summed E-state index contributed by atoms with van der Waals surface area (Å²) >= 11 is 0. The molecule has 0 saturated heterocycles. The summed E-state index contributed by atoms with van der Waals surface area (Å²) in [6.07, 6.45) is 3.15. The van der Waals surface area contributed by atoms with Gasteiger partial charge in [0.25, 0.3) is 0 Å². The first-order valence-electron chi connectivity index (χ1n) is 6.71. The van der Waals surface area contributed by atoms with Gasteiger partial charge in [-0.25, -0.2) is 0 Å². The van der Waals surface area contributed by atoms with E-state index in [0.717, 1.165) is 24.8 Å². The van der Waals surface area contributed by atoms with Gasteiger partial charge in [0.05, 0.1) is 5.92 Å². The molecule has 2 atom stereocenters. The van der Waals surface area contributed by atoms with Gasteiger partial charge in [0.2, 0.25) is 0 Å². The average Bonchev–Trinajstić information content (AvgIpc) is 2.39. The fraction of sp³-hybridized carbons (Fsp3) is 0.500. The second-order valence-electron chi connectivity index (χ2n) is 5.22. The molecule has 0 amide bonds. The van der Waals surface area contributed by atoms with Gasteiger partial charge >= 0.3 is 16.1 Å². The molecule has 2 unspecified atom stereocenters. The van der Waals surface area contributed by atoms with Crippen molar-refractivity contribution < 1.29 is 17.4 Å². The number of hydrogen-bond acceptors (Lipinski definition) is 5. The van der Waals surface area contributed by atoms with Gasteiger partial charge in [-0.3, -0.25) is 4.79 Å². The van der Waals surface area contributed by atoms with Crippen molar-refractivity contribution in [2.75, 3.05) is 0 Å². The number of nitrogens with two attached hydrogens (primary N) is 1. The predicted molar refractivity (Wildman–Crippen MR) is 74.4 cm³/mol. The molecule has 1 aromatic carbocycles. The summed E-state index contributed by atoms with van der Waals surface area (Å²) < 4.78 is 28.8. The lowest BCUT2D eigenvalue weighted by Crippen LogP contribution is -2.39. The lowest BCUT2D eigenvalue weighted by Gasteiger charge is -2.26. The van der Waals surface area contributed by atoms with Crippen molar-refractivity contribution >= 4 is 16.1 Å². The van der Waals surface area contributed by atoms with E-state index in [-0.39, 0.29) is 10.9 Å². The summed E-state index contributed by atoms with van der Waals surface area (Å²) in [6.45, 7) is 1.85. The van der Waals surface area contributed by atoms with E-state index in [1.807, 2.05) is 6.92 Å². The first-order chi connectivity index (χ1) is 9.40. The predicted octanol–water partition coefficient (Wildman–Crippen LogP) is 1.74. The third-order valence-electron chi connectivity index (χ3n) is 3.62. The van der Waals surface area contributed by atoms with Crippen LogP contribution in [0.4, 0.5) is 0 Å². The molecule has 1 aliphatic rings. The molecule has 110 valence electrons. The van der Waals surface area contributed by atoms with Crippen LogP contribution in [0.1, 0.15) is 31.2 Å². The van der Waals surface area contributed by atoms with Crippen LogP contribution in [0, 0.1) is 12.8 Å². The van der Waals surface area contributed by atoms with Crippen molar-refractivity contribution in [1.82, 2.24) is 0 Å². The Hall–Kier alpha value is -1.40. The first-order valence-corrected chi connectivity index (χ1v) is 8.11. The monoisotopic (exact) mass is 297 g/mol. The molecule has 0 aromatic heterocycles. The van der Waals surface area contributed by atoms with E-state index >= 15 is 0 Å². The molecule has 1 aromatic rings. The zero-order valence-electron chi connectivity index (χ0n) is 11.4. The summed E-state index contributed by atoms with van der Waals surface area (Å²) in [6, 6.07) is 5.86. The summed E-state index contributed by atoms with van der Waals surface area (Å²) in [5.74, 6) is -1.26. The number of carbonyl (C=O) groups is 1. The van der Waals surface area contributed by atoms with Crippen LogP contribution < -0.4 is 5.73 Å². The molecule has 0 spiro atoms. The van der Waals surface area contributed by atoms with Gasteiger partial charge in [0, 0.05) is 6.04 Å². The third kappa shape index (κ3) is 3.37. The topological polar surface area (TPSA) is 86.5 Å². The van der Waals surface area contributed by atoms with Gasteiger partial charge < -0.3 is 9.92 Å². The Bertz CT molecular complexity index is 580. The summed E-state index contributed by atoms with van der Waals surface area (Å²) in [7, 11) is -4.05. The number of aryl methyl sites for hydroxylation is 1. The van der Waals surface area contributed by atoms with Crippen LogP contribution in [0.3, 0.4) is 0 Å². The highest BCUT2D eigenvalue weighted by Crippen LogP contribution is 2.25. The summed E-state index contributed by atoms with van der Waals surface area (Å²) in [4.78, 5) is 12.0. The molecule has 0 bridgehead atoms. The Morgan fingerprint density at radius 2 is 1.80 bits per heavy atom. The van der Waals surface area contributed by atoms with Crippen LogP contribution in [-0.4, -0.2) is 20.4 Å². The molecule has 1 fully saturated rings. The molecular weight excluding hydrogens is 278 g/mol. The molecule has 1 aliphatic carbocycles. The minimum Gasteiger partial charge on any atom is -0.342 e. The fourth-order valence-corrected chi connectivity index (χ4v) is 3.28. The van der Waals surface area contributed by atoms with E-state index < -0.39 is 22.0 Å². The number of hydrogen-bond donors (Lipinski definition) is 1. The Labute approximate surface area is 119 Å². The molecule has 2 rings (SSSR count). The second kappa shape index (κ2) is 5.93. The van der Waals surface area contributed by atoms with Crippen LogP contribution in [0.5, 0.6) is 0 Å². The number of rotatable bonds is 3. The van der Waals surface area contributed by atoms with Crippen LogP contribution in [0.2, 0.25) is 0 Å². The van der Waals surface area contributed by atoms with Crippen molar-refractivity contribution in [3.63, 3.8) is 0 Å². The van der Waals surface area contributed by atoms with E-state index in [9.17, 15) is 13.2 Å². The van der Waals surface area contributed by atoms with Gasteiger partial charge in [-0.15, -0.1) is 0 Å². The van der Waals surface area contributed by atoms with E-state index in [1.54, 1.807) is 12.1 Å². The lowest BCUT2D eigenvalue weighted by atomic mass is 9.85. The van der Waals surface area contributed by atoms with Crippen molar-refractivity contribution in [1.29, 1.82) is 0 Å². The van der Waals surface area contributed by atoms with Crippen molar-refractivity contribution in [2.24, 2.45) is 11.7 Å². The van der Waals surface area contributed by atoms with Crippen LogP contribution in [0.25, 0.3) is 0 Å².